The Kier molecular flexibility index (Phi) is 6.28. The molecule has 31 heavy (non-hydrogen) atoms. The van der Waals surface area contributed by atoms with Gasteiger partial charge in [0.2, 0.25) is 0 Å². The van der Waals surface area contributed by atoms with Crippen LogP contribution in [0.2, 0.25) is 0 Å². The normalized spacial score (nSPS) is 19.9. The van der Waals surface area contributed by atoms with Crippen LogP contribution in [0.4, 0.5) is 18.0 Å². The second-order valence-electron chi connectivity index (χ2n) is 9.37. The van der Waals surface area contributed by atoms with E-state index >= 15 is 0 Å². The van der Waals surface area contributed by atoms with Crippen molar-refractivity contribution >= 4 is 17.2 Å². The summed E-state index contributed by atoms with van der Waals surface area (Å²) < 4.78 is 52.1. The number of nitrogens with zero attached hydrogens (tertiary/aromatic N) is 2. The van der Waals surface area contributed by atoms with Gasteiger partial charge in [0.15, 0.2) is 11.5 Å². The smallest absolute Gasteiger partial charge is 0.420 e. The van der Waals surface area contributed by atoms with Crippen LogP contribution in [0.15, 0.2) is 16.5 Å². The van der Waals surface area contributed by atoms with Gasteiger partial charge in [0, 0.05) is 12.5 Å². The Hall–Kier alpha value is -2.29. The molecule has 172 valence electrons. The SMILES string of the molecule is CC(C)c1nc2cc(CN(C(=O)OC(C)(C)C)[C@H]3CCC[C@@H]3O)cc(C(F)(F)F)c2o1. The third-order valence-corrected chi connectivity index (χ3v) is 5.19. The molecule has 0 saturated heterocycles. The molecule has 1 fully saturated rings. The van der Waals surface area contributed by atoms with Crippen LogP contribution < -0.4 is 0 Å². The van der Waals surface area contributed by atoms with E-state index in [4.69, 9.17) is 9.15 Å². The largest absolute Gasteiger partial charge is 0.444 e. The Morgan fingerprint density at radius 2 is 1.97 bits per heavy atom. The monoisotopic (exact) mass is 442 g/mol. The Morgan fingerprint density at radius 1 is 1.29 bits per heavy atom. The van der Waals surface area contributed by atoms with Crippen LogP contribution in [-0.4, -0.2) is 38.8 Å². The van der Waals surface area contributed by atoms with Crippen molar-refractivity contribution in [1.29, 1.82) is 0 Å². The molecular weight excluding hydrogens is 413 g/mol. The van der Waals surface area contributed by atoms with Gasteiger partial charge >= 0.3 is 12.3 Å². The number of ether oxygens (including phenoxy) is 1. The van der Waals surface area contributed by atoms with Crippen LogP contribution in [0.5, 0.6) is 0 Å². The summed E-state index contributed by atoms with van der Waals surface area (Å²) in [7, 11) is 0. The number of rotatable bonds is 4. The number of amides is 1. The fraction of sp³-hybridized carbons (Fsp3) is 0.636. The van der Waals surface area contributed by atoms with Crippen molar-refractivity contribution in [1.82, 2.24) is 9.88 Å². The molecule has 0 unspecified atom stereocenters. The Balaban J connectivity index is 2.03. The highest BCUT2D eigenvalue weighted by molar-refractivity contribution is 5.78. The van der Waals surface area contributed by atoms with Crippen LogP contribution in [0, 0.1) is 0 Å². The summed E-state index contributed by atoms with van der Waals surface area (Å²) in [4.78, 5) is 18.4. The zero-order chi connectivity index (χ0) is 23.1. The summed E-state index contributed by atoms with van der Waals surface area (Å²) >= 11 is 0. The van der Waals surface area contributed by atoms with E-state index in [9.17, 15) is 23.1 Å². The van der Waals surface area contributed by atoms with E-state index < -0.39 is 35.6 Å². The zero-order valence-electron chi connectivity index (χ0n) is 18.4. The van der Waals surface area contributed by atoms with Crippen molar-refractivity contribution in [3.63, 3.8) is 0 Å². The number of fused-ring (bicyclic) bond motifs is 1. The number of carbonyl (C=O) groups excluding carboxylic acids is 1. The number of oxazole rings is 1. The molecule has 0 aliphatic heterocycles. The fourth-order valence-corrected chi connectivity index (χ4v) is 3.78. The average molecular weight is 442 g/mol. The number of benzene rings is 1. The van der Waals surface area contributed by atoms with Gasteiger partial charge in [-0.1, -0.05) is 13.8 Å². The summed E-state index contributed by atoms with van der Waals surface area (Å²) in [6.07, 6.45) is -4.27. The molecule has 1 saturated carbocycles. The highest BCUT2D eigenvalue weighted by atomic mass is 19.4. The molecule has 0 radical (unpaired) electrons. The predicted molar refractivity (Wildman–Crippen MR) is 109 cm³/mol. The first-order valence-electron chi connectivity index (χ1n) is 10.4. The number of alkyl halides is 3. The van der Waals surface area contributed by atoms with E-state index in [1.165, 1.54) is 11.0 Å². The molecule has 1 amide bonds. The van der Waals surface area contributed by atoms with E-state index in [1.807, 2.05) is 0 Å². The van der Waals surface area contributed by atoms with Crippen LogP contribution in [0.3, 0.4) is 0 Å². The minimum absolute atomic E-state index is 0.0876. The maximum atomic E-state index is 13.8. The van der Waals surface area contributed by atoms with Gasteiger partial charge < -0.3 is 14.3 Å². The van der Waals surface area contributed by atoms with E-state index in [0.717, 1.165) is 12.5 Å². The van der Waals surface area contributed by atoms with E-state index in [0.29, 0.717) is 12.8 Å². The van der Waals surface area contributed by atoms with Crippen molar-refractivity contribution in [3.05, 3.63) is 29.2 Å². The van der Waals surface area contributed by atoms with Crippen molar-refractivity contribution in [2.75, 3.05) is 0 Å². The number of aromatic nitrogens is 1. The molecule has 1 aliphatic rings. The maximum absolute atomic E-state index is 13.8. The average Bonchev–Trinajstić information content (AvgIpc) is 3.22. The lowest BCUT2D eigenvalue weighted by atomic mass is 10.1. The molecular formula is C22H29F3N2O4. The van der Waals surface area contributed by atoms with Crippen molar-refractivity contribution < 1.29 is 32.2 Å². The third-order valence-electron chi connectivity index (χ3n) is 5.19. The molecule has 0 bridgehead atoms. The second-order valence-corrected chi connectivity index (χ2v) is 9.37. The lowest BCUT2D eigenvalue weighted by molar-refractivity contribution is -0.136. The molecule has 3 rings (SSSR count). The molecule has 1 aliphatic carbocycles. The van der Waals surface area contributed by atoms with Crippen LogP contribution in [0.1, 0.15) is 76.8 Å². The minimum atomic E-state index is -4.65. The van der Waals surface area contributed by atoms with Gasteiger partial charge in [0.25, 0.3) is 0 Å². The summed E-state index contributed by atoms with van der Waals surface area (Å²) in [6.45, 7) is 8.56. The van der Waals surface area contributed by atoms with Crippen molar-refractivity contribution in [3.8, 4) is 0 Å². The van der Waals surface area contributed by atoms with Crippen LogP contribution in [-0.2, 0) is 17.5 Å². The molecule has 0 spiro atoms. The zero-order valence-corrected chi connectivity index (χ0v) is 18.4. The first kappa shape index (κ1) is 23.4. The number of halogens is 3. The van der Waals surface area contributed by atoms with Crippen LogP contribution in [0.25, 0.3) is 11.1 Å². The molecule has 2 aromatic rings. The Morgan fingerprint density at radius 3 is 2.48 bits per heavy atom. The van der Waals surface area contributed by atoms with Gasteiger partial charge in [-0.15, -0.1) is 0 Å². The lowest BCUT2D eigenvalue weighted by Crippen LogP contribution is -2.46. The first-order valence-corrected chi connectivity index (χ1v) is 10.4. The second kappa shape index (κ2) is 8.33. The van der Waals surface area contributed by atoms with Gasteiger partial charge in [-0.3, -0.25) is 4.90 Å². The molecule has 2 atom stereocenters. The lowest BCUT2D eigenvalue weighted by Gasteiger charge is -2.33. The Labute approximate surface area is 179 Å². The van der Waals surface area contributed by atoms with Crippen LogP contribution >= 0.6 is 0 Å². The molecule has 9 heteroatoms. The van der Waals surface area contributed by atoms with Gasteiger partial charge in [-0.25, -0.2) is 9.78 Å². The summed E-state index contributed by atoms with van der Waals surface area (Å²) in [5.41, 5.74) is -1.70. The summed E-state index contributed by atoms with van der Waals surface area (Å²) in [5, 5.41) is 10.3. The van der Waals surface area contributed by atoms with Gasteiger partial charge in [-0.05, 0) is 57.7 Å². The highest BCUT2D eigenvalue weighted by Crippen LogP contribution is 2.38. The number of aliphatic hydroxyl groups excluding tert-OH is 1. The van der Waals surface area contributed by atoms with Gasteiger partial charge in [0.1, 0.15) is 16.7 Å². The fourth-order valence-electron chi connectivity index (χ4n) is 3.78. The Bertz CT molecular complexity index is 947. The summed E-state index contributed by atoms with van der Waals surface area (Å²) in [5.74, 6) is 0.0386. The van der Waals surface area contributed by atoms with E-state index in [2.05, 4.69) is 4.98 Å². The maximum Gasteiger partial charge on any atom is 0.420 e. The minimum Gasteiger partial charge on any atom is -0.444 e. The molecule has 1 aromatic heterocycles. The molecule has 6 nitrogen and oxygen atoms in total. The molecule has 1 N–H and O–H groups in total. The van der Waals surface area contributed by atoms with E-state index in [-0.39, 0.29) is 35.0 Å². The molecule has 1 aromatic carbocycles. The number of hydrogen-bond donors (Lipinski definition) is 1. The number of carbonyl (C=O) groups is 1. The topological polar surface area (TPSA) is 75.8 Å². The summed E-state index contributed by atoms with van der Waals surface area (Å²) in [6, 6.07) is 1.96. The standard InChI is InChI=1S/C22H29F3N2O4/c1-12(2)19-26-15-10-13(9-14(18(15)30-19)22(23,24)25)11-27(16-7-6-8-17(16)28)20(29)31-21(3,4)5/h9-10,12,16-17,28H,6-8,11H2,1-5H3/t16-,17-/m0/s1. The molecule has 1 heterocycles. The van der Waals surface area contributed by atoms with Crippen molar-refractivity contribution in [2.24, 2.45) is 0 Å². The quantitative estimate of drug-likeness (QED) is 0.665. The van der Waals surface area contributed by atoms with Gasteiger partial charge in [0.05, 0.1) is 12.1 Å². The highest BCUT2D eigenvalue weighted by Gasteiger charge is 2.38. The third kappa shape index (κ3) is 5.31. The van der Waals surface area contributed by atoms with Crippen molar-refractivity contribution in [2.45, 2.75) is 90.3 Å². The first-order chi connectivity index (χ1) is 14.3. The van der Waals surface area contributed by atoms with E-state index in [1.54, 1.807) is 34.6 Å². The number of aliphatic hydroxyl groups is 1. The van der Waals surface area contributed by atoms with Gasteiger partial charge in [-0.2, -0.15) is 13.2 Å². The predicted octanol–water partition coefficient (Wildman–Crippen LogP) is 5.62. The number of hydrogen-bond acceptors (Lipinski definition) is 5.